The van der Waals surface area contributed by atoms with Crippen LogP contribution >= 0.6 is 0 Å². The summed E-state index contributed by atoms with van der Waals surface area (Å²) in [4.78, 5) is 20.8. The van der Waals surface area contributed by atoms with Crippen LogP contribution in [0.2, 0.25) is 0 Å². The van der Waals surface area contributed by atoms with Crippen LogP contribution in [-0.2, 0) is 6.54 Å². The number of carbonyl (C=O) groups is 1. The predicted molar refractivity (Wildman–Crippen MR) is 107 cm³/mol. The summed E-state index contributed by atoms with van der Waals surface area (Å²) in [7, 11) is 3.15. The van der Waals surface area contributed by atoms with Gasteiger partial charge in [0, 0.05) is 12.2 Å². The lowest BCUT2D eigenvalue weighted by atomic mass is 10.2. The molecule has 0 radical (unpaired) electrons. The lowest BCUT2D eigenvalue weighted by Crippen LogP contribution is -2.24. The van der Waals surface area contributed by atoms with Gasteiger partial charge >= 0.3 is 0 Å². The molecule has 0 fully saturated rings. The van der Waals surface area contributed by atoms with Crippen LogP contribution in [-0.4, -0.2) is 30.1 Å². The first-order valence-corrected chi connectivity index (χ1v) is 8.74. The molecule has 0 aliphatic carbocycles. The van der Waals surface area contributed by atoms with Gasteiger partial charge in [0.05, 0.1) is 26.6 Å². The molecule has 2 aromatic carbocycles. The summed E-state index contributed by atoms with van der Waals surface area (Å²) in [6, 6.07) is 13.4. The zero-order chi connectivity index (χ0) is 19.9. The van der Waals surface area contributed by atoms with Crippen molar-refractivity contribution in [3.05, 3.63) is 71.7 Å². The van der Waals surface area contributed by atoms with E-state index in [4.69, 9.17) is 9.47 Å². The standard InChI is InChI=1S/C21H22N4O3/c1-14-6-4-5-7-16(14)25-20-13-22-17(12-23-20)21(26)24-11-15-8-9-18(27-2)19(10-15)28-3/h4-10,12-13H,11H2,1-3H3,(H,23,25)(H,24,26). The average Bonchev–Trinajstić information content (AvgIpc) is 2.74. The van der Waals surface area contributed by atoms with Crippen LogP contribution in [0.4, 0.5) is 11.5 Å². The van der Waals surface area contributed by atoms with Crippen LogP contribution in [0.5, 0.6) is 11.5 Å². The number of nitrogens with zero attached hydrogens (tertiary/aromatic N) is 2. The van der Waals surface area contributed by atoms with Gasteiger partial charge in [-0.25, -0.2) is 9.97 Å². The third-order valence-electron chi connectivity index (χ3n) is 4.19. The predicted octanol–water partition coefficient (Wildman–Crippen LogP) is 3.48. The third-order valence-corrected chi connectivity index (χ3v) is 4.19. The van der Waals surface area contributed by atoms with Crippen molar-refractivity contribution in [1.82, 2.24) is 15.3 Å². The van der Waals surface area contributed by atoms with Gasteiger partial charge in [-0.05, 0) is 36.2 Å². The quantitative estimate of drug-likeness (QED) is 0.655. The normalized spacial score (nSPS) is 10.2. The zero-order valence-corrected chi connectivity index (χ0v) is 16.0. The number of benzene rings is 2. The van der Waals surface area contributed by atoms with Gasteiger partial charge in [-0.1, -0.05) is 24.3 Å². The lowest BCUT2D eigenvalue weighted by molar-refractivity contribution is 0.0945. The largest absolute Gasteiger partial charge is 0.493 e. The minimum Gasteiger partial charge on any atom is -0.493 e. The summed E-state index contributed by atoms with van der Waals surface area (Å²) in [6.07, 6.45) is 2.99. The monoisotopic (exact) mass is 378 g/mol. The molecule has 7 heteroatoms. The molecule has 0 atom stereocenters. The molecular weight excluding hydrogens is 356 g/mol. The van der Waals surface area contributed by atoms with Crippen molar-refractivity contribution in [3.63, 3.8) is 0 Å². The van der Waals surface area contributed by atoms with Gasteiger partial charge in [0.15, 0.2) is 11.5 Å². The Morgan fingerprint density at radius 1 is 1.00 bits per heavy atom. The average molecular weight is 378 g/mol. The number of rotatable bonds is 7. The Morgan fingerprint density at radius 2 is 1.79 bits per heavy atom. The van der Waals surface area contributed by atoms with E-state index in [-0.39, 0.29) is 11.6 Å². The molecule has 0 saturated carbocycles. The zero-order valence-electron chi connectivity index (χ0n) is 16.0. The highest BCUT2D eigenvalue weighted by molar-refractivity contribution is 5.92. The fraction of sp³-hybridized carbons (Fsp3) is 0.190. The van der Waals surface area contributed by atoms with E-state index in [0.717, 1.165) is 16.8 Å². The Hall–Kier alpha value is -3.61. The van der Waals surface area contributed by atoms with Gasteiger partial charge in [-0.15, -0.1) is 0 Å². The maximum Gasteiger partial charge on any atom is 0.271 e. The molecule has 3 rings (SSSR count). The van der Waals surface area contributed by atoms with Gasteiger partial charge in [-0.3, -0.25) is 4.79 Å². The van der Waals surface area contributed by atoms with E-state index in [1.807, 2.05) is 43.3 Å². The van der Waals surface area contributed by atoms with Crippen molar-refractivity contribution in [2.75, 3.05) is 19.5 Å². The van der Waals surface area contributed by atoms with Crippen LogP contribution < -0.4 is 20.1 Å². The summed E-state index contributed by atoms with van der Waals surface area (Å²) in [5.74, 6) is 1.52. The number of hydrogen-bond donors (Lipinski definition) is 2. The molecule has 1 amide bonds. The number of anilines is 2. The van der Waals surface area contributed by atoms with E-state index in [1.54, 1.807) is 20.3 Å². The minimum atomic E-state index is -0.301. The molecule has 0 spiro atoms. The Morgan fingerprint density at radius 3 is 2.46 bits per heavy atom. The second kappa shape index (κ2) is 8.85. The van der Waals surface area contributed by atoms with E-state index in [2.05, 4.69) is 20.6 Å². The number of aryl methyl sites for hydroxylation is 1. The number of hydrogen-bond acceptors (Lipinski definition) is 6. The second-order valence-electron chi connectivity index (χ2n) is 6.10. The third kappa shape index (κ3) is 4.56. The van der Waals surface area contributed by atoms with E-state index >= 15 is 0 Å². The van der Waals surface area contributed by atoms with Gasteiger partial charge < -0.3 is 20.1 Å². The van der Waals surface area contributed by atoms with Gasteiger partial charge in [0.25, 0.3) is 5.91 Å². The summed E-state index contributed by atoms with van der Waals surface area (Å²) in [5, 5.41) is 6.01. The van der Waals surface area contributed by atoms with Crippen molar-refractivity contribution in [2.24, 2.45) is 0 Å². The number of para-hydroxylation sites is 1. The first kappa shape index (κ1) is 19.2. The molecule has 144 valence electrons. The highest BCUT2D eigenvalue weighted by atomic mass is 16.5. The summed E-state index contributed by atoms with van der Waals surface area (Å²) in [5.41, 5.74) is 3.18. The molecule has 2 N–H and O–H groups in total. The first-order chi connectivity index (χ1) is 13.6. The minimum absolute atomic E-state index is 0.246. The maximum atomic E-state index is 12.3. The summed E-state index contributed by atoms with van der Waals surface area (Å²) < 4.78 is 10.5. The van der Waals surface area contributed by atoms with Crippen molar-refractivity contribution in [3.8, 4) is 11.5 Å². The van der Waals surface area contributed by atoms with E-state index in [1.165, 1.54) is 12.4 Å². The Kier molecular flexibility index (Phi) is 6.06. The number of ether oxygens (including phenoxy) is 2. The summed E-state index contributed by atoms with van der Waals surface area (Å²) in [6.45, 7) is 2.34. The number of amides is 1. The molecule has 3 aromatic rings. The van der Waals surface area contributed by atoms with E-state index in [9.17, 15) is 4.79 Å². The van der Waals surface area contributed by atoms with Gasteiger partial charge in [-0.2, -0.15) is 0 Å². The Balaban J connectivity index is 1.61. The van der Waals surface area contributed by atoms with Crippen LogP contribution in [0.1, 0.15) is 21.6 Å². The highest BCUT2D eigenvalue weighted by Gasteiger charge is 2.10. The molecular formula is C21H22N4O3. The molecule has 0 unspecified atom stereocenters. The molecule has 0 aliphatic heterocycles. The lowest BCUT2D eigenvalue weighted by Gasteiger charge is -2.11. The smallest absolute Gasteiger partial charge is 0.271 e. The van der Waals surface area contributed by atoms with Crippen molar-refractivity contribution in [1.29, 1.82) is 0 Å². The number of carbonyl (C=O) groups excluding carboxylic acids is 1. The molecule has 0 aliphatic rings. The fourth-order valence-corrected chi connectivity index (χ4v) is 2.62. The van der Waals surface area contributed by atoms with Crippen molar-refractivity contribution in [2.45, 2.75) is 13.5 Å². The Bertz CT molecular complexity index is 958. The van der Waals surface area contributed by atoms with E-state index < -0.39 is 0 Å². The summed E-state index contributed by atoms with van der Waals surface area (Å²) >= 11 is 0. The molecule has 28 heavy (non-hydrogen) atoms. The topological polar surface area (TPSA) is 85.4 Å². The Labute approximate surface area is 163 Å². The molecule has 1 heterocycles. The van der Waals surface area contributed by atoms with Crippen LogP contribution in [0.25, 0.3) is 0 Å². The van der Waals surface area contributed by atoms with Crippen LogP contribution in [0.15, 0.2) is 54.9 Å². The SMILES string of the molecule is COc1ccc(CNC(=O)c2cnc(Nc3ccccc3C)cn2)cc1OC. The van der Waals surface area contributed by atoms with E-state index in [0.29, 0.717) is 23.9 Å². The number of nitrogens with one attached hydrogen (secondary N) is 2. The molecule has 0 bridgehead atoms. The van der Waals surface area contributed by atoms with Gasteiger partial charge in [0.2, 0.25) is 0 Å². The second-order valence-corrected chi connectivity index (χ2v) is 6.10. The number of aromatic nitrogens is 2. The number of methoxy groups -OCH3 is 2. The van der Waals surface area contributed by atoms with Gasteiger partial charge in [0.1, 0.15) is 11.5 Å². The molecule has 1 aromatic heterocycles. The molecule has 7 nitrogen and oxygen atoms in total. The fourth-order valence-electron chi connectivity index (χ4n) is 2.62. The first-order valence-electron chi connectivity index (χ1n) is 8.74. The van der Waals surface area contributed by atoms with Crippen LogP contribution in [0.3, 0.4) is 0 Å². The highest BCUT2D eigenvalue weighted by Crippen LogP contribution is 2.27. The van der Waals surface area contributed by atoms with Crippen LogP contribution in [0, 0.1) is 6.92 Å². The maximum absolute atomic E-state index is 12.3. The van der Waals surface area contributed by atoms with Crippen molar-refractivity contribution < 1.29 is 14.3 Å². The molecule has 0 saturated heterocycles. The van der Waals surface area contributed by atoms with Crippen molar-refractivity contribution >= 4 is 17.4 Å².